The van der Waals surface area contributed by atoms with E-state index in [4.69, 9.17) is 19.9 Å². The monoisotopic (exact) mass is 287 g/mol. The Bertz CT molecular complexity index is 586. The minimum Gasteiger partial charge on any atom is -0.493 e. The summed E-state index contributed by atoms with van der Waals surface area (Å²) in [5.74, 6) is 1.96. The van der Waals surface area contributed by atoms with E-state index in [1.54, 1.807) is 21.3 Å². The van der Waals surface area contributed by atoms with Crippen molar-refractivity contribution in [1.29, 1.82) is 0 Å². The molecule has 0 fully saturated rings. The molecule has 2 N–H and O–H groups in total. The zero-order valence-corrected chi connectivity index (χ0v) is 12.7. The number of benzene rings is 2. The minimum atomic E-state index is 0.614. The van der Waals surface area contributed by atoms with Crippen LogP contribution in [0.5, 0.6) is 17.2 Å². The van der Waals surface area contributed by atoms with Crippen LogP contribution in [-0.2, 0) is 12.8 Å². The zero-order chi connectivity index (χ0) is 15.2. The molecule has 0 aliphatic carbocycles. The van der Waals surface area contributed by atoms with E-state index in [1.807, 2.05) is 36.4 Å². The molecule has 2 rings (SSSR count). The van der Waals surface area contributed by atoms with Gasteiger partial charge >= 0.3 is 0 Å². The highest BCUT2D eigenvalue weighted by atomic mass is 16.5. The summed E-state index contributed by atoms with van der Waals surface area (Å²) in [5.41, 5.74) is 9.06. The largest absolute Gasteiger partial charge is 0.493 e. The maximum Gasteiger partial charge on any atom is 0.203 e. The van der Waals surface area contributed by atoms with Crippen molar-refractivity contribution in [2.24, 2.45) is 0 Å². The van der Waals surface area contributed by atoms with Crippen LogP contribution in [0.15, 0.2) is 36.4 Å². The van der Waals surface area contributed by atoms with Gasteiger partial charge in [0, 0.05) is 5.69 Å². The molecule has 21 heavy (non-hydrogen) atoms. The standard InChI is InChI=1S/C17H21NO3/c1-19-15-10-12(11-16(20-2)17(15)21-3)8-9-13-6-4-5-7-14(13)18/h4-7,10-11H,8-9,18H2,1-3H3. The van der Waals surface area contributed by atoms with E-state index in [1.165, 1.54) is 0 Å². The molecule has 0 saturated heterocycles. The lowest BCUT2D eigenvalue weighted by molar-refractivity contribution is 0.324. The SMILES string of the molecule is COc1cc(CCc2ccccc2N)cc(OC)c1OC. The molecular weight excluding hydrogens is 266 g/mol. The topological polar surface area (TPSA) is 53.7 Å². The first-order valence-corrected chi connectivity index (χ1v) is 6.81. The van der Waals surface area contributed by atoms with Gasteiger partial charge in [-0.25, -0.2) is 0 Å². The highest BCUT2D eigenvalue weighted by molar-refractivity contribution is 5.54. The summed E-state index contributed by atoms with van der Waals surface area (Å²) >= 11 is 0. The van der Waals surface area contributed by atoms with Crippen LogP contribution in [-0.4, -0.2) is 21.3 Å². The van der Waals surface area contributed by atoms with Gasteiger partial charge in [-0.3, -0.25) is 0 Å². The lowest BCUT2D eigenvalue weighted by Gasteiger charge is -2.14. The molecule has 0 spiro atoms. The van der Waals surface area contributed by atoms with Gasteiger partial charge in [-0.05, 0) is 42.2 Å². The molecule has 0 aromatic heterocycles. The van der Waals surface area contributed by atoms with Crippen molar-refractivity contribution in [2.45, 2.75) is 12.8 Å². The van der Waals surface area contributed by atoms with E-state index in [0.29, 0.717) is 17.2 Å². The molecule has 0 heterocycles. The second kappa shape index (κ2) is 6.88. The van der Waals surface area contributed by atoms with Crippen LogP contribution in [0.25, 0.3) is 0 Å². The van der Waals surface area contributed by atoms with Crippen molar-refractivity contribution < 1.29 is 14.2 Å². The van der Waals surface area contributed by atoms with Crippen LogP contribution in [0.2, 0.25) is 0 Å². The summed E-state index contributed by atoms with van der Waals surface area (Å²) in [7, 11) is 4.84. The summed E-state index contributed by atoms with van der Waals surface area (Å²) < 4.78 is 16.1. The minimum absolute atomic E-state index is 0.614. The lowest BCUT2D eigenvalue weighted by Crippen LogP contribution is -2.00. The molecule has 0 unspecified atom stereocenters. The second-order valence-corrected chi connectivity index (χ2v) is 4.73. The van der Waals surface area contributed by atoms with Crippen molar-refractivity contribution in [3.05, 3.63) is 47.5 Å². The van der Waals surface area contributed by atoms with Crippen LogP contribution in [0.3, 0.4) is 0 Å². The van der Waals surface area contributed by atoms with Crippen LogP contribution < -0.4 is 19.9 Å². The molecule has 2 aromatic rings. The number of rotatable bonds is 6. The third-order valence-electron chi connectivity index (χ3n) is 3.46. The number of para-hydroxylation sites is 1. The molecule has 4 nitrogen and oxygen atoms in total. The number of ether oxygens (including phenoxy) is 3. The van der Waals surface area contributed by atoms with Crippen molar-refractivity contribution >= 4 is 5.69 Å². The van der Waals surface area contributed by atoms with Gasteiger partial charge in [0.05, 0.1) is 21.3 Å². The molecule has 0 aliphatic rings. The molecule has 0 radical (unpaired) electrons. The Morgan fingerprint density at radius 1 is 0.857 bits per heavy atom. The van der Waals surface area contributed by atoms with E-state index in [2.05, 4.69) is 0 Å². The van der Waals surface area contributed by atoms with Gasteiger partial charge in [0.25, 0.3) is 0 Å². The van der Waals surface area contributed by atoms with Gasteiger partial charge < -0.3 is 19.9 Å². The van der Waals surface area contributed by atoms with Gasteiger partial charge in [-0.1, -0.05) is 18.2 Å². The predicted octanol–water partition coefficient (Wildman–Crippen LogP) is 3.08. The molecule has 4 heteroatoms. The fraction of sp³-hybridized carbons (Fsp3) is 0.294. The average Bonchev–Trinajstić information content (AvgIpc) is 2.52. The second-order valence-electron chi connectivity index (χ2n) is 4.73. The quantitative estimate of drug-likeness (QED) is 0.830. The first kappa shape index (κ1) is 15.0. The first-order valence-electron chi connectivity index (χ1n) is 6.81. The van der Waals surface area contributed by atoms with Gasteiger partial charge in [0.15, 0.2) is 11.5 Å². The summed E-state index contributed by atoms with van der Waals surface area (Å²) in [6.07, 6.45) is 1.72. The summed E-state index contributed by atoms with van der Waals surface area (Å²) in [5, 5.41) is 0. The van der Waals surface area contributed by atoms with Gasteiger partial charge in [-0.15, -0.1) is 0 Å². The van der Waals surface area contributed by atoms with Crippen molar-refractivity contribution in [2.75, 3.05) is 27.1 Å². The Hall–Kier alpha value is -2.36. The third kappa shape index (κ3) is 3.40. The summed E-state index contributed by atoms with van der Waals surface area (Å²) in [6, 6.07) is 11.9. The van der Waals surface area contributed by atoms with E-state index < -0.39 is 0 Å². The Labute approximate surface area is 125 Å². The predicted molar refractivity (Wildman–Crippen MR) is 84.4 cm³/mol. The first-order chi connectivity index (χ1) is 10.2. The zero-order valence-electron chi connectivity index (χ0n) is 12.7. The molecule has 0 atom stereocenters. The lowest BCUT2D eigenvalue weighted by atomic mass is 10.0. The average molecular weight is 287 g/mol. The number of aryl methyl sites for hydroxylation is 2. The number of hydrogen-bond donors (Lipinski definition) is 1. The van der Waals surface area contributed by atoms with Crippen LogP contribution in [0.1, 0.15) is 11.1 Å². The number of anilines is 1. The highest BCUT2D eigenvalue weighted by Crippen LogP contribution is 2.38. The number of nitrogen functional groups attached to an aromatic ring is 1. The van der Waals surface area contributed by atoms with Crippen molar-refractivity contribution in [1.82, 2.24) is 0 Å². The Kier molecular flexibility index (Phi) is 4.93. The normalized spacial score (nSPS) is 10.2. The molecule has 0 amide bonds. The Balaban J connectivity index is 2.22. The fourth-order valence-electron chi connectivity index (χ4n) is 2.32. The summed E-state index contributed by atoms with van der Waals surface area (Å²) in [6.45, 7) is 0. The van der Waals surface area contributed by atoms with Gasteiger partial charge in [0.1, 0.15) is 0 Å². The maximum absolute atomic E-state index is 5.97. The number of methoxy groups -OCH3 is 3. The number of hydrogen-bond acceptors (Lipinski definition) is 4. The molecule has 0 aliphatic heterocycles. The van der Waals surface area contributed by atoms with Crippen LogP contribution in [0, 0.1) is 0 Å². The van der Waals surface area contributed by atoms with Crippen LogP contribution >= 0.6 is 0 Å². The van der Waals surface area contributed by atoms with E-state index in [-0.39, 0.29) is 0 Å². The van der Waals surface area contributed by atoms with Crippen LogP contribution in [0.4, 0.5) is 5.69 Å². The van der Waals surface area contributed by atoms with Gasteiger partial charge in [-0.2, -0.15) is 0 Å². The van der Waals surface area contributed by atoms with Gasteiger partial charge in [0.2, 0.25) is 5.75 Å². The maximum atomic E-state index is 5.97. The van der Waals surface area contributed by atoms with Crippen molar-refractivity contribution in [3.63, 3.8) is 0 Å². The smallest absolute Gasteiger partial charge is 0.203 e. The molecule has 112 valence electrons. The molecule has 0 bridgehead atoms. The molecule has 2 aromatic carbocycles. The van der Waals surface area contributed by atoms with Crippen molar-refractivity contribution in [3.8, 4) is 17.2 Å². The highest BCUT2D eigenvalue weighted by Gasteiger charge is 2.13. The Morgan fingerprint density at radius 3 is 2.00 bits per heavy atom. The Morgan fingerprint density at radius 2 is 1.48 bits per heavy atom. The number of nitrogens with two attached hydrogens (primary N) is 1. The van der Waals surface area contributed by atoms with E-state index >= 15 is 0 Å². The third-order valence-corrected chi connectivity index (χ3v) is 3.46. The fourth-order valence-corrected chi connectivity index (χ4v) is 2.32. The van der Waals surface area contributed by atoms with E-state index in [0.717, 1.165) is 29.7 Å². The molecular formula is C17H21NO3. The molecule has 0 saturated carbocycles. The summed E-state index contributed by atoms with van der Waals surface area (Å²) in [4.78, 5) is 0. The van der Waals surface area contributed by atoms with E-state index in [9.17, 15) is 0 Å².